The van der Waals surface area contributed by atoms with Gasteiger partial charge >= 0.3 is 0 Å². The van der Waals surface area contributed by atoms with E-state index in [0.717, 1.165) is 11.6 Å². The lowest BCUT2D eigenvalue weighted by Gasteiger charge is -2.21. The van der Waals surface area contributed by atoms with Crippen molar-refractivity contribution >= 4 is 11.3 Å². The molecule has 1 N–H and O–H groups in total. The molecule has 0 radical (unpaired) electrons. The average Bonchev–Trinajstić information content (AvgIpc) is 2.68. The topological polar surface area (TPSA) is 34.2 Å². The van der Waals surface area contributed by atoms with Gasteiger partial charge in [-0.2, -0.15) is 0 Å². The molecule has 3 nitrogen and oxygen atoms in total. The number of hydrogen-bond acceptors (Lipinski definition) is 4. The van der Waals surface area contributed by atoms with E-state index in [4.69, 9.17) is 9.72 Å². The number of ether oxygens (including phenoxy) is 1. The zero-order valence-corrected chi connectivity index (χ0v) is 12.5. The summed E-state index contributed by atoms with van der Waals surface area (Å²) in [5.74, 6) is 0.420. The van der Waals surface area contributed by atoms with Crippen LogP contribution in [0, 0.1) is 5.92 Å². The number of methoxy groups -OCH3 is 1. The largest absolute Gasteiger partial charge is 0.384 e. The highest BCUT2D eigenvalue weighted by atomic mass is 32.1. The van der Waals surface area contributed by atoms with Gasteiger partial charge in [0.15, 0.2) is 0 Å². The molecule has 0 saturated heterocycles. The van der Waals surface area contributed by atoms with Crippen LogP contribution in [0.2, 0.25) is 0 Å². The zero-order valence-electron chi connectivity index (χ0n) is 11.7. The van der Waals surface area contributed by atoms with Crippen LogP contribution >= 0.6 is 11.3 Å². The van der Waals surface area contributed by atoms with Crippen LogP contribution in [0.25, 0.3) is 0 Å². The molecule has 0 bridgehead atoms. The zero-order chi connectivity index (χ0) is 13.1. The third-order valence-electron chi connectivity index (χ3n) is 2.87. The van der Waals surface area contributed by atoms with Crippen molar-refractivity contribution in [2.75, 3.05) is 20.8 Å². The fourth-order valence-corrected chi connectivity index (χ4v) is 3.07. The summed E-state index contributed by atoms with van der Waals surface area (Å²) in [4.78, 5) is 4.76. The minimum Gasteiger partial charge on any atom is -0.384 e. The minimum absolute atomic E-state index is 0.123. The first-order valence-corrected chi connectivity index (χ1v) is 6.90. The number of hydrogen-bond donors (Lipinski definition) is 1. The van der Waals surface area contributed by atoms with E-state index < -0.39 is 0 Å². The first-order valence-electron chi connectivity index (χ1n) is 6.02. The molecular weight excluding hydrogens is 232 g/mol. The Kier molecular flexibility index (Phi) is 5.10. The Morgan fingerprint density at radius 2 is 2.12 bits per heavy atom. The molecule has 1 rings (SSSR count). The van der Waals surface area contributed by atoms with Gasteiger partial charge in [-0.1, -0.05) is 27.7 Å². The summed E-state index contributed by atoms with van der Waals surface area (Å²) in [6.45, 7) is 9.51. The Morgan fingerprint density at radius 3 is 2.53 bits per heavy atom. The predicted octanol–water partition coefficient (Wildman–Crippen LogP) is 2.98. The predicted molar refractivity (Wildman–Crippen MR) is 73.7 cm³/mol. The van der Waals surface area contributed by atoms with E-state index in [1.54, 1.807) is 18.4 Å². The van der Waals surface area contributed by atoms with Crippen molar-refractivity contribution in [2.24, 2.45) is 5.92 Å². The molecule has 0 saturated carbocycles. The molecule has 1 aromatic heterocycles. The quantitative estimate of drug-likeness (QED) is 0.879. The van der Waals surface area contributed by atoms with Crippen LogP contribution in [0.15, 0.2) is 5.38 Å². The number of rotatable bonds is 5. The number of aromatic nitrogens is 1. The van der Waals surface area contributed by atoms with E-state index in [1.807, 2.05) is 7.05 Å². The molecule has 0 fully saturated rings. The van der Waals surface area contributed by atoms with Crippen molar-refractivity contribution in [3.63, 3.8) is 0 Å². The lowest BCUT2D eigenvalue weighted by Crippen LogP contribution is -2.26. The van der Waals surface area contributed by atoms with Crippen LogP contribution in [0.4, 0.5) is 0 Å². The second-order valence-corrected chi connectivity index (χ2v) is 6.41. The van der Waals surface area contributed by atoms with Crippen LogP contribution in [0.1, 0.15) is 44.4 Å². The van der Waals surface area contributed by atoms with Gasteiger partial charge in [-0.05, 0) is 7.05 Å². The fourth-order valence-electron chi connectivity index (χ4n) is 1.79. The Balaban J connectivity index is 2.86. The van der Waals surface area contributed by atoms with E-state index in [9.17, 15) is 0 Å². The van der Waals surface area contributed by atoms with Crippen LogP contribution in [0.5, 0.6) is 0 Å². The highest BCUT2D eigenvalue weighted by Crippen LogP contribution is 2.29. The maximum Gasteiger partial charge on any atom is 0.110 e. The molecule has 0 aliphatic heterocycles. The summed E-state index contributed by atoms with van der Waals surface area (Å²) >= 11 is 1.73. The second-order valence-electron chi connectivity index (χ2n) is 5.52. The maximum absolute atomic E-state index is 5.22. The van der Waals surface area contributed by atoms with Gasteiger partial charge in [0.1, 0.15) is 5.01 Å². The van der Waals surface area contributed by atoms with Gasteiger partial charge in [0.2, 0.25) is 0 Å². The van der Waals surface area contributed by atoms with Crippen molar-refractivity contribution in [1.82, 2.24) is 10.3 Å². The molecule has 0 spiro atoms. The standard InChI is InChI=1S/C13H24N2OS/c1-9(7-16-6)11(14-5)12-15-10(8-17-12)13(2,3)4/h8-9,11,14H,7H2,1-6H3. The number of thiazole rings is 1. The average molecular weight is 256 g/mol. The molecule has 4 heteroatoms. The monoisotopic (exact) mass is 256 g/mol. The van der Waals surface area contributed by atoms with Crippen molar-refractivity contribution in [3.05, 3.63) is 16.1 Å². The van der Waals surface area contributed by atoms with E-state index in [2.05, 4.69) is 38.4 Å². The smallest absolute Gasteiger partial charge is 0.110 e. The summed E-state index contributed by atoms with van der Waals surface area (Å²) in [7, 11) is 3.72. The van der Waals surface area contributed by atoms with Crippen molar-refractivity contribution in [1.29, 1.82) is 0 Å². The van der Waals surface area contributed by atoms with Gasteiger partial charge < -0.3 is 10.1 Å². The SMILES string of the molecule is CNC(c1nc(C(C)(C)C)cs1)C(C)COC. The molecule has 0 aromatic carbocycles. The van der Waals surface area contributed by atoms with E-state index in [-0.39, 0.29) is 11.5 Å². The van der Waals surface area contributed by atoms with Crippen LogP contribution in [-0.2, 0) is 10.2 Å². The molecule has 0 amide bonds. The minimum atomic E-state index is 0.123. The van der Waals surface area contributed by atoms with Crippen LogP contribution in [0.3, 0.4) is 0 Å². The lowest BCUT2D eigenvalue weighted by molar-refractivity contribution is 0.141. The Morgan fingerprint density at radius 1 is 1.47 bits per heavy atom. The van der Waals surface area contributed by atoms with Gasteiger partial charge in [0.25, 0.3) is 0 Å². The van der Waals surface area contributed by atoms with E-state index >= 15 is 0 Å². The highest BCUT2D eigenvalue weighted by molar-refractivity contribution is 7.09. The normalized spacial score (nSPS) is 15.9. The first kappa shape index (κ1) is 14.6. The fraction of sp³-hybridized carbons (Fsp3) is 0.769. The lowest BCUT2D eigenvalue weighted by atomic mass is 9.93. The second kappa shape index (κ2) is 5.94. The third kappa shape index (κ3) is 3.76. The van der Waals surface area contributed by atoms with Gasteiger partial charge in [0, 0.05) is 23.8 Å². The number of nitrogens with zero attached hydrogens (tertiary/aromatic N) is 1. The molecule has 17 heavy (non-hydrogen) atoms. The highest BCUT2D eigenvalue weighted by Gasteiger charge is 2.24. The molecule has 0 aliphatic carbocycles. The van der Waals surface area contributed by atoms with Crippen LogP contribution < -0.4 is 5.32 Å². The number of nitrogens with one attached hydrogen (secondary N) is 1. The Labute approximate surface area is 109 Å². The molecule has 2 atom stereocenters. The Hall–Kier alpha value is -0.450. The van der Waals surface area contributed by atoms with Gasteiger partial charge in [0.05, 0.1) is 18.3 Å². The summed E-state index contributed by atoms with van der Waals surface area (Å²) in [6.07, 6.45) is 0. The molecule has 98 valence electrons. The van der Waals surface area contributed by atoms with Crippen molar-refractivity contribution in [2.45, 2.75) is 39.2 Å². The van der Waals surface area contributed by atoms with E-state index in [1.165, 1.54) is 5.69 Å². The molecular formula is C13H24N2OS. The van der Waals surface area contributed by atoms with Gasteiger partial charge in [-0.25, -0.2) is 4.98 Å². The summed E-state index contributed by atoms with van der Waals surface area (Å²) in [5.41, 5.74) is 1.29. The Bertz CT molecular complexity index is 343. The molecule has 1 aromatic rings. The maximum atomic E-state index is 5.22. The van der Waals surface area contributed by atoms with E-state index in [0.29, 0.717) is 5.92 Å². The van der Waals surface area contributed by atoms with Gasteiger partial charge in [-0.15, -0.1) is 11.3 Å². The summed E-state index contributed by atoms with van der Waals surface area (Å²) in [6, 6.07) is 0.274. The first-order chi connectivity index (χ1) is 7.90. The van der Waals surface area contributed by atoms with Crippen LogP contribution in [-0.4, -0.2) is 25.7 Å². The molecule has 0 aliphatic rings. The molecule has 2 unspecified atom stereocenters. The summed E-state index contributed by atoms with van der Waals surface area (Å²) in [5, 5.41) is 6.66. The van der Waals surface area contributed by atoms with Crippen molar-refractivity contribution < 1.29 is 4.74 Å². The third-order valence-corrected chi connectivity index (χ3v) is 3.79. The summed E-state index contributed by atoms with van der Waals surface area (Å²) < 4.78 is 5.22. The van der Waals surface area contributed by atoms with Crippen molar-refractivity contribution in [3.8, 4) is 0 Å². The van der Waals surface area contributed by atoms with Gasteiger partial charge in [-0.3, -0.25) is 0 Å². The molecule has 1 heterocycles.